The fraction of sp³-hybridized carbons (Fsp3) is 0.652. The normalized spacial score (nSPS) is 19.0. The molecule has 7 nitrogen and oxygen atoms in total. The zero-order chi connectivity index (χ0) is 21.6. The zero-order valence-corrected chi connectivity index (χ0v) is 18.5. The van der Waals surface area contributed by atoms with Crippen LogP contribution < -0.4 is 5.32 Å². The number of carbonyl (C=O) groups is 2. The summed E-state index contributed by atoms with van der Waals surface area (Å²) in [6.45, 7) is 10.9. The van der Waals surface area contributed by atoms with Crippen molar-refractivity contribution in [2.45, 2.75) is 52.2 Å². The van der Waals surface area contributed by atoms with Crippen molar-refractivity contribution in [2.75, 3.05) is 39.3 Å². The second-order valence-corrected chi connectivity index (χ2v) is 9.48. The van der Waals surface area contributed by atoms with E-state index in [0.29, 0.717) is 6.54 Å². The van der Waals surface area contributed by atoms with E-state index in [1.165, 1.54) is 0 Å². The van der Waals surface area contributed by atoms with Gasteiger partial charge in [0.05, 0.1) is 0 Å². The van der Waals surface area contributed by atoms with E-state index >= 15 is 0 Å². The van der Waals surface area contributed by atoms with Gasteiger partial charge in [0.2, 0.25) is 0 Å². The van der Waals surface area contributed by atoms with Crippen molar-refractivity contribution in [3.05, 3.63) is 35.9 Å². The molecule has 0 aromatic heterocycles. The highest BCUT2D eigenvalue weighted by Gasteiger charge is 2.42. The number of rotatable bonds is 5. The number of hydrogen-bond acceptors (Lipinski definition) is 5. The van der Waals surface area contributed by atoms with Crippen molar-refractivity contribution in [3.63, 3.8) is 0 Å². The molecule has 0 unspecified atom stereocenters. The number of nitrogens with zero attached hydrogens (tertiary/aromatic N) is 2. The maximum atomic E-state index is 12.3. The van der Waals surface area contributed by atoms with Gasteiger partial charge in [0.15, 0.2) is 0 Å². The lowest BCUT2D eigenvalue weighted by Crippen LogP contribution is -2.45. The smallest absolute Gasteiger partial charge is 0.410 e. The molecule has 0 radical (unpaired) electrons. The summed E-state index contributed by atoms with van der Waals surface area (Å²) in [4.78, 5) is 28.4. The first-order valence-electron chi connectivity index (χ1n) is 10.9. The van der Waals surface area contributed by atoms with E-state index in [0.717, 1.165) is 57.5 Å². The average molecular weight is 418 g/mol. The van der Waals surface area contributed by atoms with E-state index in [1.807, 2.05) is 56.0 Å². The maximum absolute atomic E-state index is 12.3. The Morgan fingerprint density at radius 2 is 1.73 bits per heavy atom. The Kier molecular flexibility index (Phi) is 7.23. The van der Waals surface area contributed by atoms with E-state index in [1.54, 1.807) is 0 Å². The third-order valence-electron chi connectivity index (χ3n) is 5.92. The lowest BCUT2D eigenvalue weighted by molar-refractivity contribution is 0.0248. The zero-order valence-electron chi connectivity index (χ0n) is 18.5. The predicted molar refractivity (Wildman–Crippen MR) is 115 cm³/mol. The van der Waals surface area contributed by atoms with Gasteiger partial charge in [-0.3, -0.25) is 0 Å². The van der Waals surface area contributed by atoms with Gasteiger partial charge in [-0.1, -0.05) is 30.3 Å². The lowest BCUT2D eigenvalue weighted by Gasteiger charge is -2.39. The molecule has 3 rings (SSSR count). The molecule has 0 saturated carbocycles. The molecule has 2 saturated heterocycles. The van der Waals surface area contributed by atoms with Crippen LogP contribution in [0.4, 0.5) is 9.59 Å². The quantitative estimate of drug-likeness (QED) is 0.792. The highest BCUT2D eigenvalue weighted by atomic mass is 16.6. The van der Waals surface area contributed by atoms with E-state index in [4.69, 9.17) is 9.47 Å². The number of carbonyl (C=O) groups excluding carboxylic acids is 2. The Balaban J connectivity index is 1.32. The van der Waals surface area contributed by atoms with Crippen LogP contribution in [0.3, 0.4) is 0 Å². The molecule has 1 aromatic rings. The number of alkyl carbamates (subject to hydrolysis) is 1. The Hall–Kier alpha value is -2.28. The molecule has 2 fully saturated rings. The lowest BCUT2D eigenvalue weighted by atomic mass is 9.78. The average Bonchev–Trinajstić information content (AvgIpc) is 3.12. The van der Waals surface area contributed by atoms with E-state index in [-0.39, 0.29) is 24.2 Å². The molecule has 1 N–H and O–H groups in total. The molecular formula is C23H35N3O4. The van der Waals surface area contributed by atoms with E-state index in [2.05, 4.69) is 10.2 Å². The minimum absolute atomic E-state index is 0.194. The van der Waals surface area contributed by atoms with Gasteiger partial charge in [-0.2, -0.15) is 0 Å². The second kappa shape index (κ2) is 9.69. The van der Waals surface area contributed by atoms with Crippen LogP contribution in [0.25, 0.3) is 0 Å². The first kappa shape index (κ1) is 22.4. The highest BCUT2D eigenvalue weighted by molar-refractivity contribution is 5.68. The molecule has 2 amide bonds. The minimum Gasteiger partial charge on any atom is -0.445 e. The summed E-state index contributed by atoms with van der Waals surface area (Å²) in [5, 5.41) is 2.83. The van der Waals surface area contributed by atoms with Gasteiger partial charge in [0, 0.05) is 26.2 Å². The molecular weight excluding hydrogens is 382 g/mol. The Morgan fingerprint density at radius 3 is 2.40 bits per heavy atom. The number of piperidine rings is 1. The number of amides is 2. The fourth-order valence-electron chi connectivity index (χ4n) is 4.17. The van der Waals surface area contributed by atoms with Gasteiger partial charge >= 0.3 is 12.2 Å². The summed E-state index contributed by atoms with van der Waals surface area (Å²) < 4.78 is 10.8. The maximum Gasteiger partial charge on any atom is 0.410 e. The number of hydrogen-bond donors (Lipinski definition) is 1. The van der Waals surface area contributed by atoms with Crippen LogP contribution in [0, 0.1) is 5.41 Å². The second-order valence-electron chi connectivity index (χ2n) is 9.48. The van der Waals surface area contributed by atoms with Crippen molar-refractivity contribution in [1.29, 1.82) is 0 Å². The summed E-state index contributed by atoms with van der Waals surface area (Å²) in [7, 11) is 0. The van der Waals surface area contributed by atoms with Gasteiger partial charge in [-0.15, -0.1) is 0 Å². The van der Waals surface area contributed by atoms with Crippen molar-refractivity contribution < 1.29 is 19.1 Å². The van der Waals surface area contributed by atoms with Crippen molar-refractivity contribution in [1.82, 2.24) is 15.1 Å². The van der Waals surface area contributed by atoms with Crippen LogP contribution >= 0.6 is 0 Å². The van der Waals surface area contributed by atoms with E-state index in [9.17, 15) is 9.59 Å². The molecule has 2 aliphatic rings. The Bertz CT molecular complexity index is 709. The van der Waals surface area contributed by atoms with Crippen molar-refractivity contribution >= 4 is 12.2 Å². The number of nitrogens with one attached hydrogen (secondary N) is 1. The third kappa shape index (κ3) is 6.62. The molecule has 0 bridgehead atoms. The van der Waals surface area contributed by atoms with Crippen LogP contribution in [0.5, 0.6) is 0 Å². The molecule has 1 aromatic carbocycles. The molecule has 7 heteroatoms. The molecule has 2 aliphatic heterocycles. The highest BCUT2D eigenvalue weighted by Crippen LogP contribution is 2.40. The third-order valence-corrected chi connectivity index (χ3v) is 5.92. The number of benzene rings is 1. The molecule has 166 valence electrons. The topological polar surface area (TPSA) is 71.1 Å². The van der Waals surface area contributed by atoms with Gasteiger partial charge in [0.25, 0.3) is 0 Å². The van der Waals surface area contributed by atoms with Crippen LogP contribution in [0.2, 0.25) is 0 Å². The molecule has 0 aliphatic carbocycles. The number of ether oxygens (including phenoxy) is 2. The Morgan fingerprint density at radius 1 is 1.07 bits per heavy atom. The molecule has 0 atom stereocenters. The van der Waals surface area contributed by atoms with Crippen LogP contribution in [0.15, 0.2) is 30.3 Å². The minimum atomic E-state index is -0.453. The summed E-state index contributed by atoms with van der Waals surface area (Å²) in [5.41, 5.74) is 0.743. The van der Waals surface area contributed by atoms with Gasteiger partial charge < -0.3 is 24.6 Å². The Labute approximate surface area is 179 Å². The summed E-state index contributed by atoms with van der Waals surface area (Å²) in [6, 6.07) is 9.66. The first-order valence-corrected chi connectivity index (χ1v) is 10.9. The molecule has 2 heterocycles. The monoisotopic (exact) mass is 417 g/mol. The number of likely N-dealkylation sites (tertiary alicyclic amines) is 2. The van der Waals surface area contributed by atoms with E-state index < -0.39 is 5.60 Å². The van der Waals surface area contributed by atoms with Gasteiger partial charge in [0.1, 0.15) is 12.2 Å². The van der Waals surface area contributed by atoms with Crippen LogP contribution in [-0.2, 0) is 16.1 Å². The van der Waals surface area contributed by atoms with Crippen molar-refractivity contribution in [3.8, 4) is 0 Å². The summed E-state index contributed by atoms with van der Waals surface area (Å²) in [5.74, 6) is 0. The van der Waals surface area contributed by atoms with Crippen molar-refractivity contribution in [2.24, 2.45) is 5.41 Å². The standard InChI is InChI=1S/C23H35N3O4/c1-22(2,3)30-21(28)26-15-11-23(18-26)9-13-25(14-10-23)16-12-24-20(27)29-17-19-7-5-4-6-8-19/h4-8H,9-18H2,1-3H3,(H,24,27). The van der Waals surface area contributed by atoms with Crippen LogP contribution in [0.1, 0.15) is 45.6 Å². The fourth-order valence-corrected chi connectivity index (χ4v) is 4.17. The molecule has 1 spiro atoms. The summed E-state index contributed by atoms with van der Waals surface area (Å²) >= 11 is 0. The van der Waals surface area contributed by atoms with Gasteiger partial charge in [-0.05, 0) is 64.1 Å². The first-order chi connectivity index (χ1) is 14.2. The molecule has 30 heavy (non-hydrogen) atoms. The summed E-state index contributed by atoms with van der Waals surface area (Å²) in [6.07, 6.45) is 2.62. The van der Waals surface area contributed by atoms with Gasteiger partial charge in [-0.25, -0.2) is 9.59 Å². The predicted octanol–water partition coefficient (Wildman–Crippen LogP) is 3.64. The van der Waals surface area contributed by atoms with Crippen LogP contribution in [-0.4, -0.2) is 66.9 Å². The largest absolute Gasteiger partial charge is 0.445 e. The SMILES string of the molecule is CC(C)(C)OC(=O)N1CCC2(CCN(CCNC(=O)OCc3ccccc3)CC2)C1.